The van der Waals surface area contributed by atoms with Crippen LogP contribution in [0.4, 0.5) is 4.79 Å². The maximum absolute atomic E-state index is 11.5. The first kappa shape index (κ1) is 16.4. The first-order valence-electron chi connectivity index (χ1n) is 6.69. The summed E-state index contributed by atoms with van der Waals surface area (Å²) in [7, 11) is 0. The fourth-order valence-corrected chi connectivity index (χ4v) is 1.65. The predicted octanol–water partition coefficient (Wildman–Crippen LogP) is 3.00. The SMILES string of the molecule is N#C/C(=N/OC(=O)O/N=C(/C#N)c1ccccc1)c1ccccc1. The highest BCUT2D eigenvalue weighted by molar-refractivity contribution is 6.12. The number of benzene rings is 2. The Kier molecular flexibility index (Phi) is 5.79. The van der Waals surface area contributed by atoms with Crippen molar-refractivity contribution in [3.8, 4) is 12.1 Å². The summed E-state index contributed by atoms with van der Waals surface area (Å²) in [5, 5.41) is 24.9. The van der Waals surface area contributed by atoms with E-state index in [1.807, 2.05) is 0 Å². The minimum absolute atomic E-state index is 0.0971. The molecule has 0 fully saturated rings. The van der Waals surface area contributed by atoms with E-state index >= 15 is 0 Å². The number of hydrogen-bond donors (Lipinski definition) is 0. The van der Waals surface area contributed by atoms with Crippen molar-refractivity contribution >= 4 is 17.6 Å². The molecule has 2 aromatic rings. The van der Waals surface area contributed by atoms with E-state index in [2.05, 4.69) is 20.0 Å². The van der Waals surface area contributed by atoms with E-state index in [0.29, 0.717) is 11.1 Å². The molecule has 2 rings (SSSR count). The minimum atomic E-state index is -1.26. The number of carbonyl (C=O) groups excluding carboxylic acids is 1. The number of rotatable bonds is 4. The fraction of sp³-hybridized carbons (Fsp3) is 0. The van der Waals surface area contributed by atoms with E-state index in [-0.39, 0.29) is 11.4 Å². The third-order valence-corrected chi connectivity index (χ3v) is 2.73. The molecule has 0 heterocycles. The lowest BCUT2D eigenvalue weighted by atomic mass is 10.1. The first-order valence-corrected chi connectivity index (χ1v) is 6.69. The summed E-state index contributed by atoms with van der Waals surface area (Å²) in [4.78, 5) is 20.4. The molecular formula is C17H10N4O3. The molecule has 7 heteroatoms. The lowest BCUT2D eigenvalue weighted by molar-refractivity contribution is 0.0600. The van der Waals surface area contributed by atoms with E-state index in [4.69, 9.17) is 10.5 Å². The van der Waals surface area contributed by atoms with Crippen molar-refractivity contribution in [3.05, 3.63) is 71.8 Å². The van der Waals surface area contributed by atoms with Crippen LogP contribution in [0.25, 0.3) is 0 Å². The quantitative estimate of drug-likeness (QED) is 0.489. The van der Waals surface area contributed by atoms with Crippen molar-refractivity contribution in [1.82, 2.24) is 0 Å². The van der Waals surface area contributed by atoms with E-state index in [0.717, 1.165) is 0 Å². The number of nitriles is 2. The van der Waals surface area contributed by atoms with Gasteiger partial charge in [0.25, 0.3) is 0 Å². The summed E-state index contributed by atoms with van der Waals surface area (Å²) in [6.07, 6.45) is -1.26. The largest absolute Gasteiger partial charge is 0.562 e. The molecule has 0 radical (unpaired) electrons. The smallest absolute Gasteiger partial charge is 0.279 e. The van der Waals surface area contributed by atoms with Crippen LogP contribution >= 0.6 is 0 Å². The minimum Gasteiger partial charge on any atom is -0.279 e. The topological polar surface area (TPSA) is 108 Å². The molecule has 0 spiro atoms. The van der Waals surface area contributed by atoms with Crippen LogP contribution in [0.5, 0.6) is 0 Å². The van der Waals surface area contributed by atoms with E-state index in [1.54, 1.807) is 72.8 Å². The highest BCUT2D eigenvalue weighted by atomic mass is 16.8. The molecule has 116 valence electrons. The highest BCUT2D eigenvalue weighted by Crippen LogP contribution is 2.03. The van der Waals surface area contributed by atoms with Gasteiger partial charge < -0.3 is 0 Å². The van der Waals surface area contributed by atoms with Gasteiger partial charge in [0, 0.05) is 11.1 Å². The Morgan fingerprint density at radius 2 is 1.12 bits per heavy atom. The van der Waals surface area contributed by atoms with Crippen LogP contribution in [0.3, 0.4) is 0 Å². The van der Waals surface area contributed by atoms with Gasteiger partial charge in [0.2, 0.25) is 0 Å². The van der Waals surface area contributed by atoms with E-state index in [1.165, 1.54) is 0 Å². The predicted molar refractivity (Wildman–Crippen MR) is 84.8 cm³/mol. The van der Waals surface area contributed by atoms with Gasteiger partial charge in [0.15, 0.2) is 11.4 Å². The maximum atomic E-state index is 11.5. The van der Waals surface area contributed by atoms with Gasteiger partial charge in [-0.3, -0.25) is 9.68 Å². The van der Waals surface area contributed by atoms with Crippen molar-refractivity contribution in [2.45, 2.75) is 0 Å². The van der Waals surface area contributed by atoms with Gasteiger partial charge in [-0.2, -0.15) is 15.3 Å². The zero-order valence-corrected chi connectivity index (χ0v) is 12.3. The van der Waals surface area contributed by atoms with Crippen LogP contribution in [-0.2, 0) is 9.68 Å². The third-order valence-electron chi connectivity index (χ3n) is 2.73. The second-order valence-corrected chi connectivity index (χ2v) is 4.27. The Bertz CT molecular complexity index is 775. The fourth-order valence-electron chi connectivity index (χ4n) is 1.65. The van der Waals surface area contributed by atoms with Gasteiger partial charge in [-0.05, 0) is 0 Å². The number of oxime groups is 2. The lowest BCUT2D eigenvalue weighted by Crippen LogP contribution is -2.06. The molecule has 0 unspecified atom stereocenters. The summed E-state index contributed by atoms with van der Waals surface area (Å²) in [5.74, 6) is 0. The molecule has 7 nitrogen and oxygen atoms in total. The van der Waals surface area contributed by atoms with Crippen molar-refractivity contribution in [2.75, 3.05) is 0 Å². The maximum Gasteiger partial charge on any atom is 0.562 e. The van der Waals surface area contributed by atoms with Crippen LogP contribution in [0, 0.1) is 22.7 Å². The summed E-state index contributed by atoms with van der Waals surface area (Å²) >= 11 is 0. The van der Waals surface area contributed by atoms with Crippen LogP contribution < -0.4 is 0 Å². The molecule has 0 aliphatic heterocycles. The highest BCUT2D eigenvalue weighted by Gasteiger charge is 2.09. The standard InChI is InChI=1S/C17H10N4O3/c18-11-15(13-7-3-1-4-8-13)20-23-17(22)24-21-16(12-19)14-9-5-2-6-10-14/h1-10H/b20-15-,21-16-. The summed E-state index contributed by atoms with van der Waals surface area (Å²) < 4.78 is 0. The molecule has 0 amide bonds. The summed E-state index contributed by atoms with van der Waals surface area (Å²) in [6, 6.07) is 20.6. The van der Waals surface area contributed by atoms with Crippen LogP contribution in [0.2, 0.25) is 0 Å². The van der Waals surface area contributed by atoms with Gasteiger partial charge in [-0.25, -0.2) is 0 Å². The first-order chi connectivity index (χ1) is 11.7. The number of nitrogens with zero attached hydrogens (tertiary/aromatic N) is 4. The Hall–Kier alpha value is -3.97. The zero-order chi connectivity index (χ0) is 17.2. The molecule has 0 bridgehead atoms. The number of carbonyl (C=O) groups is 1. The molecule has 0 atom stereocenters. The van der Waals surface area contributed by atoms with Crippen LogP contribution in [-0.4, -0.2) is 17.6 Å². The molecule has 0 aromatic heterocycles. The molecule has 0 N–H and O–H groups in total. The van der Waals surface area contributed by atoms with Crippen LogP contribution in [0.1, 0.15) is 11.1 Å². The Balaban J connectivity index is 2.03. The molecule has 2 aromatic carbocycles. The summed E-state index contributed by atoms with van der Waals surface area (Å²) in [5.41, 5.74) is 0.775. The molecule has 24 heavy (non-hydrogen) atoms. The van der Waals surface area contributed by atoms with Gasteiger partial charge in [-0.1, -0.05) is 71.0 Å². The lowest BCUT2D eigenvalue weighted by Gasteiger charge is -1.99. The van der Waals surface area contributed by atoms with Crippen molar-refractivity contribution in [3.63, 3.8) is 0 Å². The molecule has 0 aliphatic carbocycles. The third kappa shape index (κ3) is 4.52. The molecule has 0 aliphatic rings. The van der Waals surface area contributed by atoms with Crippen molar-refractivity contribution < 1.29 is 14.5 Å². The zero-order valence-electron chi connectivity index (χ0n) is 12.3. The van der Waals surface area contributed by atoms with Crippen molar-refractivity contribution in [2.24, 2.45) is 10.3 Å². The van der Waals surface area contributed by atoms with E-state index in [9.17, 15) is 4.79 Å². The second kappa shape index (κ2) is 8.47. The average Bonchev–Trinajstić information content (AvgIpc) is 2.64. The Labute approximate surface area is 137 Å². The average molecular weight is 318 g/mol. The van der Waals surface area contributed by atoms with Gasteiger partial charge in [0.05, 0.1) is 0 Å². The molecule has 0 saturated carbocycles. The van der Waals surface area contributed by atoms with E-state index < -0.39 is 6.16 Å². The van der Waals surface area contributed by atoms with Gasteiger partial charge in [0.1, 0.15) is 12.1 Å². The second-order valence-electron chi connectivity index (χ2n) is 4.27. The Morgan fingerprint density at radius 3 is 1.46 bits per heavy atom. The van der Waals surface area contributed by atoms with Gasteiger partial charge >= 0.3 is 6.16 Å². The van der Waals surface area contributed by atoms with Crippen molar-refractivity contribution in [1.29, 1.82) is 10.5 Å². The van der Waals surface area contributed by atoms with Gasteiger partial charge in [-0.15, -0.1) is 0 Å². The Morgan fingerprint density at radius 1 is 0.750 bits per heavy atom. The molecule has 0 saturated heterocycles. The number of hydrogen-bond acceptors (Lipinski definition) is 7. The van der Waals surface area contributed by atoms with Crippen LogP contribution in [0.15, 0.2) is 71.0 Å². The normalized spacial score (nSPS) is 11.1. The monoisotopic (exact) mass is 318 g/mol. The summed E-state index contributed by atoms with van der Waals surface area (Å²) in [6.45, 7) is 0. The molecular weight excluding hydrogens is 308 g/mol.